The van der Waals surface area contributed by atoms with E-state index in [0.717, 1.165) is 25.9 Å². The van der Waals surface area contributed by atoms with Crippen molar-refractivity contribution in [1.82, 2.24) is 9.88 Å². The van der Waals surface area contributed by atoms with Crippen LogP contribution in [0.5, 0.6) is 0 Å². The number of carbonyl (C=O) groups excluding carboxylic acids is 2. The number of nitrogens with one attached hydrogen (secondary N) is 2. The Morgan fingerprint density at radius 1 is 1.19 bits per heavy atom. The van der Waals surface area contributed by atoms with Crippen LogP contribution >= 0.6 is 11.3 Å². The molecule has 0 atom stereocenters. The zero-order chi connectivity index (χ0) is 18.7. The van der Waals surface area contributed by atoms with Crippen molar-refractivity contribution in [2.75, 3.05) is 23.7 Å². The second-order valence-corrected chi connectivity index (χ2v) is 7.49. The Balaban J connectivity index is 1.63. The minimum Gasteiger partial charge on any atom is -0.338 e. The molecule has 0 bridgehead atoms. The van der Waals surface area contributed by atoms with Crippen molar-refractivity contribution in [2.24, 2.45) is 5.92 Å². The molecule has 0 radical (unpaired) electrons. The summed E-state index contributed by atoms with van der Waals surface area (Å²) in [7, 11) is 0. The molecule has 8 heteroatoms. The van der Waals surface area contributed by atoms with Gasteiger partial charge < -0.3 is 10.2 Å². The van der Waals surface area contributed by atoms with E-state index in [1.165, 1.54) is 35.6 Å². The molecule has 1 aromatic heterocycles. The number of aryl methyl sites for hydroxylation is 1. The molecular formula is C18H21FN4O2S. The zero-order valence-corrected chi connectivity index (χ0v) is 15.5. The Morgan fingerprint density at radius 2 is 1.85 bits per heavy atom. The highest BCUT2D eigenvalue weighted by atomic mass is 32.1. The molecule has 2 N–H and O–H groups in total. The fourth-order valence-electron chi connectivity index (χ4n) is 2.80. The lowest BCUT2D eigenvalue weighted by atomic mass is 9.99. The monoisotopic (exact) mass is 376 g/mol. The Morgan fingerprint density at radius 3 is 2.50 bits per heavy atom. The summed E-state index contributed by atoms with van der Waals surface area (Å²) in [5.41, 5.74) is 1.08. The summed E-state index contributed by atoms with van der Waals surface area (Å²) < 4.78 is 12.9. The number of thiazole rings is 1. The van der Waals surface area contributed by atoms with E-state index < -0.39 is 6.03 Å². The molecule has 3 amide bonds. The van der Waals surface area contributed by atoms with Gasteiger partial charge in [0.1, 0.15) is 10.7 Å². The van der Waals surface area contributed by atoms with Crippen LogP contribution in [0.1, 0.15) is 35.1 Å². The average molecular weight is 376 g/mol. The molecule has 2 heterocycles. The SMILES string of the molecule is Cc1nc(NC(=O)Nc2ccc(F)cc2)sc1C(=O)N1CCC(C)CC1. The summed E-state index contributed by atoms with van der Waals surface area (Å²) in [5.74, 6) is 0.245. The first-order valence-electron chi connectivity index (χ1n) is 8.52. The van der Waals surface area contributed by atoms with Crippen molar-refractivity contribution >= 4 is 34.1 Å². The van der Waals surface area contributed by atoms with E-state index in [4.69, 9.17) is 0 Å². The number of benzene rings is 1. The van der Waals surface area contributed by atoms with Crippen molar-refractivity contribution in [3.63, 3.8) is 0 Å². The van der Waals surface area contributed by atoms with Gasteiger partial charge in [-0.3, -0.25) is 10.1 Å². The number of nitrogens with zero attached hydrogens (tertiary/aromatic N) is 2. The van der Waals surface area contributed by atoms with E-state index in [1.807, 2.05) is 4.90 Å². The maximum atomic E-state index is 12.9. The highest BCUT2D eigenvalue weighted by Crippen LogP contribution is 2.26. The molecule has 1 saturated heterocycles. The van der Waals surface area contributed by atoms with Crippen LogP contribution in [0.3, 0.4) is 0 Å². The Hall–Kier alpha value is -2.48. The van der Waals surface area contributed by atoms with Gasteiger partial charge in [-0.1, -0.05) is 18.3 Å². The number of amides is 3. The number of urea groups is 1. The first kappa shape index (κ1) is 18.3. The van der Waals surface area contributed by atoms with Gasteiger partial charge in [0.25, 0.3) is 5.91 Å². The predicted octanol–water partition coefficient (Wildman–Crippen LogP) is 4.11. The highest BCUT2D eigenvalue weighted by Gasteiger charge is 2.25. The topological polar surface area (TPSA) is 74.3 Å². The predicted molar refractivity (Wildman–Crippen MR) is 100 cm³/mol. The normalized spacial score (nSPS) is 15.0. The van der Waals surface area contributed by atoms with Crippen LogP contribution in [0.15, 0.2) is 24.3 Å². The molecule has 0 unspecified atom stereocenters. The molecule has 1 fully saturated rings. The van der Waals surface area contributed by atoms with Crippen LogP contribution in [0.4, 0.5) is 20.0 Å². The van der Waals surface area contributed by atoms with Gasteiger partial charge in [0.05, 0.1) is 5.69 Å². The highest BCUT2D eigenvalue weighted by molar-refractivity contribution is 7.17. The molecule has 1 aromatic carbocycles. The van der Waals surface area contributed by atoms with Crippen LogP contribution in [0, 0.1) is 18.7 Å². The van der Waals surface area contributed by atoms with Crippen molar-refractivity contribution in [3.8, 4) is 0 Å². The van der Waals surface area contributed by atoms with E-state index in [2.05, 4.69) is 22.5 Å². The van der Waals surface area contributed by atoms with Crippen molar-refractivity contribution < 1.29 is 14.0 Å². The number of hydrogen-bond donors (Lipinski definition) is 2. The largest absolute Gasteiger partial charge is 0.338 e. The van der Waals surface area contributed by atoms with Gasteiger partial charge in [0.2, 0.25) is 0 Å². The van der Waals surface area contributed by atoms with E-state index in [0.29, 0.717) is 27.3 Å². The summed E-state index contributed by atoms with van der Waals surface area (Å²) in [6.45, 7) is 5.47. The van der Waals surface area contributed by atoms with Crippen molar-refractivity contribution in [3.05, 3.63) is 40.7 Å². The van der Waals surface area contributed by atoms with Crippen LogP contribution in [-0.2, 0) is 0 Å². The third kappa shape index (κ3) is 4.37. The first-order chi connectivity index (χ1) is 12.4. The smallest absolute Gasteiger partial charge is 0.325 e. The lowest BCUT2D eigenvalue weighted by molar-refractivity contribution is 0.0701. The fourth-order valence-corrected chi connectivity index (χ4v) is 3.73. The molecule has 2 aromatic rings. The summed E-state index contributed by atoms with van der Waals surface area (Å²) in [6.07, 6.45) is 2.02. The number of carbonyl (C=O) groups is 2. The molecule has 26 heavy (non-hydrogen) atoms. The van der Waals surface area contributed by atoms with E-state index in [1.54, 1.807) is 6.92 Å². The molecule has 138 valence electrons. The second kappa shape index (κ2) is 7.82. The minimum atomic E-state index is -0.490. The van der Waals surface area contributed by atoms with Gasteiger partial charge >= 0.3 is 6.03 Å². The van der Waals surface area contributed by atoms with Crippen LogP contribution in [-0.4, -0.2) is 34.9 Å². The number of piperidine rings is 1. The maximum absolute atomic E-state index is 12.9. The molecular weight excluding hydrogens is 355 g/mol. The molecule has 0 aliphatic carbocycles. The van der Waals surface area contributed by atoms with E-state index in [-0.39, 0.29) is 11.7 Å². The second-order valence-electron chi connectivity index (χ2n) is 6.49. The molecule has 3 rings (SSSR count). The van der Waals surface area contributed by atoms with E-state index in [9.17, 15) is 14.0 Å². The van der Waals surface area contributed by atoms with E-state index >= 15 is 0 Å². The van der Waals surface area contributed by atoms with Gasteiger partial charge in [-0.05, 0) is 49.9 Å². The summed E-state index contributed by atoms with van der Waals surface area (Å²) >= 11 is 1.17. The lowest BCUT2D eigenvalue weighted by Crippen LogP contribution is -2.37. The zero-order valence-electron chi connectivity index (χ0n) is 14.7. The number of anilines is 2. The molecule has 0 spiro atoms. The van der Waals surface area contributed by atoms with Crippen LogP contribution in [0.25, 0.3) is 0 Å². The summed E-state index contributed by atoms with van der Waals surface area (Å²) in [5, 5.41) is 5.58. The maximum Gasteiger partial charge on any atom is 0.325 e. The third-order valence-electron chi connectivity index (χ3n) is 4.38. The lowest BCUT2D eigenvalue weighted by Gasteiger charge is -2.29. The molecule has 1 aliphatic heterocycles. The van der Waals surface area contributed by atoms with Crippen LogP contribution < -0.4 is 10.6 Å². The molecule has 6 nitrogen and oxygen atoms in total. The standard InChI is InChI=1S/C18H21FN4O2S/c1-11-7-9-23(10-8-11)16(24)15-12(2)20-18(26-15)22-17(25)21-14-5-3-13(19)4-6-14/h3-6,11H,7-10H2,1-2H3,(H2,20,21,22,25). The molecule has 0 saturated carbocycles. The number of hydrogen-bond acceptors (Lipinski definition) is 4. The fraction of sp³-hybridized carbons (Fsp3) is 0.389. The van der Waals surface area contributed by atoms with Crippen LogP contribution in [0.2, 0.25) is 0 Å². The van der Waals surface area contributed by atoms with Gasteiger partial charge in [0, 0.05) is 18.8 Å². The Kier molecular flexibility index (Phi) is 5.51. The van der Waals surface area contributed by atoms with Gasteiger partial charge in [-0.25, -0.2) is 14.2 Å². The number of rotatable bonds is 3. The number of aromatic nitrogens is 1. The number of likely N-dealkylation sites (tertiary alicyclic amines) is 1. The van der Waals surface area contributed by atoms with Gasteiger partial charge in [-0.2, -0.15) is 0 Å². The summed E-state index contributed by atoms with van der Waals surface area (Å²) in [4.78, 5) is 31.4. The van der Waals surface area contributed by atoms with Gasteiger partial charge in [-0.15, -0.1) is 0 Å². The van der Waals surface area contributed by atoms with Gasteiger partial charge in [0.15, 0.2) is 5.13 Å². The minimum absolute atomic E-state index is 0.0288. The van der Waals surface area contributed by atoms with Crippen molar-refractivity contribution in [2.45, 2.75) is 26.7 Å². The summed E-state index contributed by atoms with van der Waals surface area (Å²) in [6, 6.07) is 4.97. The average Bonchev–Trinajstić information content (AvgIpc) is 2.97. The van der Waals surface area contributed by atoms with Crippen molar-refractivity contribution in [1.29, 1.82) is 0 Å². The third-order valence-corrected chi connectivity index (χ3v) is 5.45. The Bertz CT molecular complexity index is 798. The molecule has 1 aliphatic rings. The quantitative estimate of drug-likeness (QED) is 0.847. The first-order valence-corrected chi connectivity index (χ1v) is 9.34. The Labute approximate surface area is 155 Å². The number of halogens is 1.